The first-order valence-corrected chi connectivity index (χ1v) is 5.85. The fourth-order valence-corrected chi connectivity index (χ4v) is 2.05. The van der Waals surface area contributed by atoms with Crippen molar-refractivity contribution in [2.75, 3.05) is 37.3 Å². The first kappa shape index (κ1) is 12.0. The number of amides is 1. The Morgan fingerprint density at radius 1 is 1.47 bits per heavy atom. The highest BCUT2D eigenvalue weighted by molar-refractivity contribution is 6.30. The summed E-state index contributed by atoms with van der Waals surface area (Å²) in [6.45, 7) is 1.85. The maximum atomic E-state index is 11.8. The molecule has 0 atom stereocenters. The van der Waals surface area contributed by atoms with Crippen molar-refractivity contribution in [2.24, 2.45) is 0 Å². The van der Waals surface area contributed by atoms with Gasteiger partial charge in [-0.15, -0.1) is 0 Å². The van der Waals surface area contributed by atoms with Crippen LogP contribution in [0.4, 0.5) is 11.5 Å². The molecule has 0 radical (unpaired) electrons. The maximum Gasteiger partial charge on any atom is 0.241 e. The largest absolute Gasteiger partial charge is 0.396 e. The van der Waals surface area contributed by atoms with E-state index in [1.165, 1.54) is 0 Å². The molecule has 0 saturated carbocycles. The van der Waals surface area contributed by atoms with Crippen LogP contribution in [0.3, 0.4) is 0 Å². The third kappa shape index (κ3) is 2.61. The first-order valence-electron chi connectivity index (χ1n) is 5.48. The zero-order valence-electron chi connectivity index (χ0n) is 9.69. The van der Waals surface area contributed by atoms with Crippen LogP contribution >= 0.6 is 11.6 Å². The van der Waals surface area contributed by atoms with Crippen molar-refractivity contribution in [1.82, 2.24) is 9.88 Å². The van der Waals surface area contributed by atoms with Gasteiger partial charge in [-0.05, 0) is 12.5 Å². The van der Waals surface area contributed by atoms with E-state index in [4.69, 9.17) is 17.3 Å². The second kappa shape index (κ2) is 4.79. The van der Waals surface area contributed by atoms with Crippen LogP contribution in [-0.2, 0) is 4.79 Å². The number of pyridine rings is 1. The number of anilines is 2. The predicted octanol–water partition coefficient (Wildman–Crippen LogP) is 0.986. The highest BCUT2D eigenvalue weighted by Gasteiger charge is 2.21. The van der Waals surface area contributed by atoms with Gasteiger partial charge in [-0.1, -0.05) is 11.6 Å². The molecule has 1 aliphatic heterocycles. The number of halogens is 1. The van der Waals surface area contributed by atoms with Gasteiger partial charge in [-0.25, -0.2) is 4.98 Å². The van der Waals surface area contributed by atoms with Crippen molar-refractivity contribution in [1.29, 1.82) is 0 Å². The molecule has 1 aromatic heterocycles. The third-order valence-corrected chi connectivity index (χ3v) is 3.04. The van der Waals surface area contributed by atoms with Crippen LogP contribution in [0.15, 0.2) is 12.3 Å². The van der Waals surface area contributed by atoms with Gasteiger partial charge >= 0.3 is 0 Å². The highest BCUT2D eigenvalue weighted by atomic mass is 35.5. The van der Waals surface area contributed by atoms with Crippen LogP contribution in [0.5, 0.6) is 0 Å². The normalized spacial score (nSPS) is 17.2. The van der Waals surface area contributed by atoms with Crippen molar-refractivity contribution in [3.05, 3.63) is 17.3 Å². The number of hydrogen-bond donors (Lipinski definition) is 1. The molecule has 0 aromatic carbocycles. The zero-order valence-corrected chi connectivity index (χ0v) is 10.4. The van der Waals surface area contributed by atoms with E-state index in [1.54, 1.807) is 17.2 Å². The molecule has 2 heterocycles. The minimum Gasteiger partial charge on any atom is -0.396 e. The summed E-state index contributed by atoms with van der Waals surface area (Å²) in [4.78, 5) is 19.6. The number of rotatable bonds is 1. The first-order chi connectivity index (χ1) is 8.08. The SMILES string of the molecule is CN1CCCN(c2ncc(Cl)cc2N)CC1=O. The van der Waals surface area contributed by atoms with Gasteiger partial charge in [-0.2, -0.15) is 0 Å². The summed E-state index contributed by atoms with van der Waals surface area (Å²) in [5, 5.41) is 0.504. The van der Waals surface area contributed by atoms with Crippen molar-refractivity contribution < 1.29 is 4.79 Å². The lowest BCUT2D eigenvalue weighted by Crippen LogP contribution is -2.35. The van der Waals surface area contributed by atoms with Crippen LogP contribution in [0.1, 0.15) is 6.42 Å². The lowest BCUT2D eigenvalue weighted by Gasteiger charge is -2.22. The average Bonchev–Trinajstić information content (AvgIpc) is 2.42. The molecular formula is C11H15ClN4O. The Hall–Kier alpha value is -1.49. The molecular weight excluding hydrogens is 240 g/mol. The van der Waals surface area contributed by atoms with Crippen LogP contribution < -0.4 is 10.6 Å². The fraction of sp³-hybridized carbons (Fsp3) is 0.455. The van der Waals surface area contributed by atoms with E-state index < -0.39 is 0 Å². The Morgan fingerprint density at radius 2 is 2.24 bits per heavy atom. The number of nitrogen functional groups attached to an aromatic ring is 1. The molecule has 5 nitrogen and oxygen atoms in total. The molecule has 1 aliphatic rings. The quantitative estimate of drug-likeness (QED) is 0.812. The van der Waals surface area contributed by atoms with E-state index in [9.17, 15) is 4.79 Å². The van der Waals surface area contributed by atoms with E-state index in [1.807, 2.05) is 11.9 Å². The molecule has 1 aromatic rings. The van der Waals surface area contributed by atoms with Gasteiger partial charge in [0.15, 0.2) is 5.82 Å². The average molecular weight is 255 g/mol. The van der Waals surface area contributed by atoms with Crippen molar-refractivity contribution >= 4 is 29.0 Å². The summed E-state index contributed by atoms with van der Waals surface area (Å²) in [6.07, 6.45) is 2.46. The van der Waals surface area contributed by atoms with Crippen molar-refractivity contribution in [3.63, 3.8) is 0 Å². The summed E-state index contributed by atoms with van der Waals surface area (Å²) in [7, 11) is 1.81. The number of carbonyl (C=O) groups excluding carboxylic acids is 1. The number of nitrogens with zero attached hydrogens (tertiary/aromatic N) is 3. The van der Waals surface area contributed by atoms with E-state index in [2.05, 4.69) is 4.98 Å². The molecule has 17 heavy (non-hydrogen) atoms. The Labute approximate surface area is 105 Å². The van der Waals surface area contributed by atoms with Crippen LogP contribution in [0.2, 0.25) is 5.02 Å². The molecule has 0 spiro atoms. The summed E-state index contributed by atoms with van der Waals surface area (Å²) < 4.78 is 0. The second-order valence-electron chi connectivity index (χ2n) is 4.16. The van der Waals surface area contributed by atoms with E-state index in [0.717, 1.165) is 19.5 Å². The van der Waals surface area contributed by atoms with Gasteiger partial charge < -0.3 is 15.5 Å². The van der Waals surface area contributed by atoms with Crippen molar-refractivity contribution in [2.45, 2.75) is 6.42 Å². The van der Waals surface area contributed by atoms with E-state index in [0.29, 0.717) is 23.1 Å². The summed E-state index contributed by atoms with van der Waals surface area (Å²) in [6, 6.07) is 1.66. The van der Waals surface area contributed by atoms with Gasteiger partial charge in [-0.3, -0.25) is 4.79 Å². The predicted molar refractivity (Wildman–Crippen MR) is 68.1 cm³/mol. The topological polar surface area (TPSA) is 62.5 Å². The third-order valence-electron chi connectivity index (χ3n) is 2.83. The van der Waals surface area contributed by atoms with E-state index >= 15 is 0 Å². The molecule has 6 heteroatoms. The minimum atomic E-state index is 0.0821. The fourth-order valence-electron chi connectivity index (χ4n) is 1.88. The summed E-state index contributed by atoms with van der Waals surface area (Å²) >= 11 is 5.80. The number of aromatic nitrogens is 1. The molecule has 0 aliphatic carbocycles. The monoisotopic (exact) mass is 254 g/mol. The zero-order chi connectivity index (χ0) is 12.4. The van der Waals surface area contributed by atoms with Gasteiger partial charge in [0.25, 0.3) is 0 Å². The summed E-state index contributed by atoms with van der Waals surface area (Å²) in [5.74, 6) is 0.719. The molecule has 1 fully saturated rings. The smallest absolute Gasteiger partial charge is 0.241 e. The maximum absolute atomic E-state index is 11.8. The van der Waals surface area contributed by atoms with Crippen LogP contribution in [0, 0.1) is 0 Å². The van der Waals surface area contributed by atoms with Gasteiger partial charge in [0.1, 0.15) is 0 Å². The molecule has 0 bridgehead atoms. The number of hydrogen-bond acceptors (Lipinski definition) is 4. The van der Waals surface area contributed by atoms with Gasteiger partial charge in [0, 0.05) is 26.3 Å². The molecule has 1 saturated heterocycles. The molecule has 92 valence electrons. The van der Waals surface area contributed by atoms with Gasteiger partial charge in [0.2, 0.25) is 5.91 Å². The van der Waals surface area contributed by atoms with Crippen LogP contribution in [-0.4, -0.2) is 42.5 Å². The lowest BCUT2D eigenvalue weighted by molar-refractivity contribution is -0.127. The highest BCUT2D eigenvalue weighted by Crippen LogP contribution is 2.24. The Kier molecular flexibility index (Phi) is 3.38. The Bertz CT molecular complexity index is 437. The Balaban J connectivity index is 2.24. The lowest BCUT2D eigenvalue weighted by atomic mass is 10.3. The second-order valence-corrected chi connectivity index (χ2v) is 4.59. The number of nitrogens with two attached hydrogens (primary N) is 1. The number of likely N-dealkylation sites (N-methyl/N-ethyl adjacent to an activating group) is 1. The number of carbonyl (C=O) groups is 1. The molecule has 0 unspecified atom stereocenters. The molecule has 1 amide bonds. The summed E-state index contributed by atoms with van der Waals surface area (Å²) in [5.41, 5.74) is 6.38. The van der Waals surface area contributed by atoms with Crippen molar-refractivity contribution in [3.8, 4) is 0 Å². The standard InChI is InChI=1S/C11H15ClN4O/c1-15-3-2-4-16(7-10(15)17)11-9(13)5-8(12)6-14-11/h5-6H,2-4,7,13H2,1H3. The molecule has 2 N–H and O–H groups in total. The minimum absolute atomic E-state index is 0.0821. The Morgan fingerprint density at radius 3 is 2.94 bits per heavy atom. The van der Waals surface area contributed by atoms with Gasteiger partial charge in [0.05, 0.1) is 17.3 Å². The molecule has 2 rings (SSSR count). The van der Waals surface area contributed by atoms with E-state index in [-0.39, 0.29) is 5.91 Å². The van der Waals surface area contributed by atoms with Crippen LogP contribution in [0.25, 0.3) is 0 Å².